The number of carbonyl (C=O) groups excluding carboxylic acids is 1. The van der Waals surface area contributed by atoms with E-state index in [9.17, 15) is 13.2 Å². The molecule has 1 saturated heterocycles. The summed E-state index contributed by atoms with van der Waals surface area (Å²) in [6, 6.07) is 0.00510. The second-order valence-corrected chi connectivity index (χ2v) is 6.78. The van der Waals surface area contributed by atoms with Crippen LogP contribution in [0.4, 0.5) is 0 Å². The molecule has 96 valence electrons. The summed E-state index contributed by atoms with van der Waals surface area (Å²) in [5.74, 6) is 2.77. The molecule has 5 heteroatoms. The fraction of sp³-hybridized carbons (Fsp3) is 0.750. The van der Waals surface area contributed by atoms with Crippen LogP contribution in [0.3, 0.4) is 0 Å². The highest BCUT2D eigenvalue weighted by molar-refractivity contribution is 7.91. The van der Waals surface area contributed by atoms with Crippen molar-refractivity contribution in [2.24, 2.45) is 5.92 Å². The molecule has 1 amide bonds. The lowest BCUT2D eigenvalue weighted by Crippen LogP contribution is -2.35. The van der Waals surface area contributed by atoms with Crippen LogP contribution in [0.1, 0.15) is 32.6 Å². The molecule has 0 bridgehead atoms. The lowest BCUT2D eigenvalue weighted by Gasteiger charge is -2.15. The van der Waals surface area contributed by atoms with Crippen molar-refractivity contribution in [2.75, 3.05) is 11.5 Å². The van der Waals surface area contributed by atoms with Gasteiger partial charge in [-0.05, 0) is 18.8 Å². The second kappa shape index (κ2) is 6.06. The van der Waals surface area contributed by atoms with Crippen molar-refractivity contribution in [2.45, 2.75) is 38.6 Å². The van der Waals surface area contributed by atoms with Gasteiger partial charge in [-0.1, -0.05) is 6.92 Å². The van der Waals surface area contributed by atoms with Crippen LogP contribution in [0.2, 0.25) is 0 Å². The summed E-state index contributed by atoms with van der Waals surface area (Å²) in [5.41, 5.74) is 0. The molecule has 0 aromatic carbocycles. The van der Waals surface area contributed by atoms with Crippen LogP contribution >= 0.6 is 0 Å². The Morgan fingerprint density at radius 1 is 1.59 bits per heavy atom. The molecule has 0 saturated carbocycles. The van der Waals surface area contributed by atoms with Crippen molar-refractivity contribution in [3.63, 3.8) is 0 Å². The first kappa shape index (κ1) is 14.0. The summed E-state index contributed by atoms with van der Waals surface area (Å²) in [6.45, 7) is 1.96. The maximum Gasteiger partial charge on any atom is 0.220 e. The van der Waals surface area contributed by atoms with E-state index >= 15 is 0 Å². The van der Waals surface area contributed by atoms with Gasteiger partial charge >= 0.3 is 0 Å². The lowest BCUT2D eigenvalue weighted by molar-refractivity contribution is -0.122. The molecule has 0 spiro atoms. The first-order valence-corrected chi connectivity index (χ1v) is 7.72. The maximum absolute atomic E-state index is 11.7. The zero-order valence-corrected chi connectivity index (χ0v) is 10.9. The Labute approximate surface area is 103 Å². The molecule has 1 aliphatic rings. The van der Waals surface area contributed by atoms with Crippen molar-refractivity contribution in [3.8, 4) is 12.3 Å². The highest BCUT2D eigenvalue weighted by Crippen LogP contribution is 2.21. The van der Waals surface area contributed by atoms with Gasteiger partial charge in [0.15, 0.2) is 9.84 Å². The highest BCUT2D eigenvalue weighted by atomic mass is 32.2. The van der Waals surface area contributed by atoms with Gasteiger partial charge in [0, 0.05) is 18.9 Å². The predicted molar refractivity (Wildman–Crippen MR) is 67.0 cm³/mol. The van der Waals surface area contributed by atoms with E-state index in [2.05, 4.69) is 11.2 Å². The molecule has 2 unspecified atom stereocenters. The Hall–Kier alpha value is -1.02. The molecular formula is C12H19NO3S. The van der Waals surface area contributed by atoms with Crippen molar-refractivity contribution in [1.29, 1.82) is 0 Å². The third kappa shape index (κ3) is 4.78. The molecule has 17 heavy (non-hydrogen) atoms. The minimum absolute atomic E-state index is 0.00510. The summed E-state index contributed by atoms with van der Waals surface area (Å²) in [4.78, 5) is 11.7. The van der Waals surface area contributed by atoms with Crippen LogP contribution in [0.15, 0.2) is 0 Å². The van der Waals surface area contributed by atoms with Crippen LogP contribution in [-0.4, -0.2) is 31.9 Å². The average Bonchev–Trinajstić information content (AvgIpc) is 2.57. The van der Waals surface area contributed by atoms with E-state index in [4.69, 9.17) is 6.42 Å². The van der Waals surface area contributed by atoms with E-state index in [1.54, 1.807) is 0 Å². The van der Waals surface area contributed by atoms with Gasteiger partial charge in [-0.2, -0.15) is 0 Å². The molecule has 1 N–H and O–H groups in total. The van der Waals surface area contributed by atoms with Crippen LogP contribution in [0.25, 0.3) is 0 Å². The van der Waals surface area contributed by atoms with E-state index in [0.717, 1.165) is 6.42 Å². The van der Waals surface area contributed by atoms with Gasteiger partial charge in [-0.15, -0.1) is 12.3 Å². The molecule has 0 aromatic heterocycles. The first-order valence-electron chi connectivity index (χ1n) is 5.90. The van der Waals surface area contributed by atoms with Gasteiger partial charge in [-0.25, -0.2) is 8.42 Å². The van der Waals surface area contributed by atoms with Gasteiger partial charge in [0.1, 0.15) is 0 Å². The third-order valence-electron chi connectivity index (χ3n) is 3.02. The normalized spacial score (nSPS) is 23.9. The molecule has 1 heterocycles. The monoisotopic (exact) mass is 257 g/mol. The average molecular weight is 257 g/mol. The first-order chi connectivity index (χ1) is 7.96. The molecule has 0 radical (unpaired) electrons. The number of rotatable bonds is 5. The van der Waals surface area contributed by atoms with Crippen molar-refractivity contribution >= 4 is 15.7 Å². The van der Waals surface area contributed by atoms with E-state index in [-0.39, 0.29) is 29.4 Å². The molecular weight excluding hydrogens is 238 g/mol. The van der Waals surface area contributed by atoms with Gasteiger partial charge in [-0.3, -0.25) is 4.79 Å². The van der Waals surface area contributed by atoms with Gasteiger partial charge in [0.25, 0.3) is 0 Å². The minimum Gasteiger partial charge on any atom is -0.352 e. The van der Waals surface area contributed by atoms with Crippen molar-refractivity contribution < 1.29 is 13.2 Å². The Bertz CT molecular complexity index is 408. The number of hydrogen-bond donors (Lipinski definition) is 1. The van der Waals surface area contributed by atoms with E-state index in [0.29, 0.717) is 19.3 Å². The fourth-order valence-electron chi connectivity index (χ4n) is 2.02. The molecule has 1 aliphatic heterocycles. The number of sulfone groups is 1. The second-order valence-electron chi connectivity index (χ2n) is 4.55. The number of terminal acetylenes is 1. The van der Waals surface area contributed by atoms with Gasteiger partial charge < -0.3 is 5.32 Å². The SMILES string of the molecule is C#CCC(CC)NC(=O)CC1CCS(=O)(=O)C1. The van der Waals surface area contributed by atoms with Crippen LogP contribution in [-0.2, 0) is 14.6 Å². The zero-order chi connectivity index (χ0) is 12.9. The van der Waals surface area contributed by atoms with Crippen LogP contribution in [0, 0.1) is 18.3 Å². The molecule has 1 rings (SSSR count). The maximum atomic E-state index is 11.7. The number of hydrogen-bond acceptors (Lipinski definition) is 3. The van der Waals surface area contributed by atoms with Crippen LogP contribution < -0.4 is 5.32 Å². The number of carbonyl (C=O) groups is 1. The lowest BCUT2D eigenvalue weighted by atomic mass is 10.0. The van der Waals surface area contributed by atoms with E-state index in [1.807, 2.05) is 6.92 Å². The van der Waals surface area contributed by atoms with Crippen molar-refractivity contribution in [3.05, 3.63) is 0 Å². The minimum atomic E-state index is -2.90. The molecule has 1 fully saturated rings. The molecule has 2 atom stereocenters. The predicted octanol–water partition coefficient (Wildman–Crippen LogP) is 0.729. The largest absolute Gasteiger partial charge is 0.352 e. The standard InChI is InChI=1S/C12H19NO3S/c1-3-5-11(4-2)13-12(14)8-10-6-7-17(15,16)9-10/h1,10-11H,4-9H2,2H3,(H,13,14). The topological polar surface area (TPSA) is 63.2 Å². The summed E-state index contributed by atoms with van der Waals surface area (Å²) in [7, 11) is -2.90. The third-order valence-corrected chi connectivity index (χ3v) is 4.86. The summed E-state index contributed by atoms with van der Waals surface area (Å²) < 4.78 is 22.5. The van der Waals surface area contributed by atoms with E-state index in [1.165, 1.54) is 0 Å². The number of nitrogens with one attached hydrogen (secondary N) is 1. The Morgan fingerprint density at radius 3 is 2.76 bits per heavy atom. The Kier molecular flexibility index (Phi) is 5.01. The quantitative estimate of drug-likeness (QED) is 0.738. The summed E-state index contributed by atoms with van der Waals surface area (Å²) in [5, 5.41) is 2.85. The Balaban J connectivity index is 2.38. The molecule has 4 nitrogen and oxygen atoms in total. The number of amides is 1. The van der Waals surface area contributed by atoms with Crippen molar-refractivity contribution in [1.82, 2.24) is 5.32 Å². The van der Waals surface area contributed by atoms with Gasteiger partial charge in [0.05, 0.1) is 11.5 Å². The Morgan fingerprint density at radius 2 is 2.29 bits per heavy atom. The molecule has 0 aromatic rings. The summed E-state index contributed by atoms with van der Waals surface area (Å²) in [6.07, 6.45) is 7.40. The highest BCUT2D eigenvalue weighted by Gasteiger charge is 2.29. The van der Waals surface area contributed by atoms with Gasteiger partial charge in [0.2, 0.25) is 5.91 Å². The molecule has 0 aliphatic carbocycles. The van der Waals surface area contributed by atoms with Crippen LogP contribution in [0.5, 0.6) is 0 Å². The smallest absolute Gasteiger partial charge is 0.220 e. The fourth-order valence-corrected chi connectivity index (χ4v) is 3.88. The zero-order valence-electron chi connectivity index (χ0n) is 10.1. The van der Waals surface area contributed by atoms with E-state index < -0.39 is 9.84 Å². The summed E-state index contributed by atoms with van der Waals surface area (Å²) >= 11 is 0.